The van der Waals surface area contributed by atoms with Gasteiger partial charge in [-0.3, -0.25) is 9.69 Å². The highest BCUT2D eigenvalue weighted by Crippen LogP contribution is 2.39. The van der Waals surface area contributed by atoms with E-state index in [2.05, 4.69) is 10.1 Å². The first-order chi connectivity index (χ1) is 14.0. The third kappa shape index (κ3) is 3.35. The Hall–Kier alpha value is -3.95. The SMILES string of the molecule is COC(=O)c1ccc(CN2C(=O)NC(=Cc3cc4c(cc3OC)OCO4)C2=O)o1. The van der Waals surface area contributed by atoms with Gasteiger partial charge in [-0.15, -0.1) is 0 Å². The molecule has 150 valence electrons. The first-order valence-electron chi connectivity index (χ1n) is 8.49. The van der Waals surface area contributed by atoms with Crippen LogP contribution in [0.4, 0.5) is 4.79 Å². The quantitative estimate of drug-likeness (QED) is 0.460. The molecule has 0 bridgehead atoms. The van der Waals surface area contributed by atoms with E-state index < -0.39 is 17.9 Å². The van der Waals surface area contributed by atoms with Crippen molar-refractivity contribution in [3.8, 4) is 17.2 Å². The minimum absolute atomic E-state index is 0.0181. The van der Waals surface area contributed by atoms with Crippen LogP contribution < -0.4 is 19.5 Å². The summed E-state index contributed by atoms with van der Waals surface area (Å²) in [5.41, 5.74) is 0.597. The monoisotopic (exact) mass is 400 g/mol. The highest BCUT2D eigenvalue weighted by atomic mass is 16.7. The van der Waals surface area contributed by atoms with Gasteiger partial charge in [0.25, 0.3) is 5.91 Å². The Balaban J connectivity index is 1.57. The van der Waals surface area contributed by atoms with Crippen LogP contribution in [0.3, 0.4) is 0 Å². The second kappa shape index (κ2) is 7.23. The van der Waals surface area contributed by atoms with E-state index in [1.54, 1.807) is 12.1 Å². The van der Waals surface area contributed by atoms with Crippen LogP contribution in [0.5, 0.6) is 17.2 Å². The molecule has 0 atom stereocenters. The van der Waals surface area contributed by atoms with Crippen molar-refractivity contribution in [3.05, 3.63) is 47.0 Å². The Labute approximate surface area is 164 Å². The molecule has 0 unspecified atom stereocenters. The highest BCUT2D eigenvalue weighted by molar-refractivity contribution is 6.14. The van der Waals surface area contributed by atoms with Crippen LogP contribution in [0.1, 0.15) is 21.9 Å². The number of hydrogen-bond acceptors (Lipinski definition) is 8. The van der Waals surface area contributed by atoms with E-state index in [0.717, 1.165) is 4.90 Å². The summed E-state index contributed by atoms with van der Waals surface area (Å²) in [7, 11) is 2.71. The predicted octanol–water partition coefficient (Wildman–Crippen LogP) is 1.90. The third-order valence-electron chi connectivity index (χ3n) is 4.35. The zero-order valence-corrected chi connectivity index (χ0v) is 15.5. The lowest BCUT2D eigenvalue weighted by atomic mass is 10.1. The first kappa shape index (κ1) is 18.4. The minimum Gasteiger partial charge on any atom is -0.496 e. The molecule has 1 aromatic carbocycles. The van der Waals surface area contributed by atoms with E-state index in [9.17, 15) is 14.4 Å². The topological polar surface area (TPSA) is 117 Å². The first-order valence-corrected chi connectivity index (χ1v) is 8.49. The van der Waals surface area contributed by atoms with Crippen LogP contribution in [-0.4, -0.2) is 43.8 Å². The van der Waals surface area contributed by atoms with Gasteiger partial charge in [0.05, 0.1) is 20.8 Å². The summed E-state index contributed by atoms with van der Waals surface area (Å²) in [6, 6.07) is 5.59. The van der Waals surface area contributed by atoms with Crippen molar-refractivity contribution >= 4 is 24.0 Å². The van der Waals surface area contributed by atoms with Gasteiger partial charge in [0.15, 0.2) is 11.5 Å². The molecule has 10 nitrogen and oxygen atoms in total. The van der Waals surface area contributed by atoms with Gasteiger partial charge >= 0.3 is 12.0 Å². The molecule has 10 heteroatoms. The van der Waals surface area contributed by atoms with Gasteiger partial charge in [0.2, 0.25) is 12.6 Å². The lowest BCUT2D eigenvalue weighted by Gasteiger charge is -2.09. The number of carbonyl (C=O) groups excluding carboxylic acids is 3. The molecular formula is C19H16N2O8. The number of nitrogens with zero attached hydrogens (tertiary/aromatic N) is 1. The second-order valence-corrected chi connectivity index (χ2v) is 6.08. The molecule has 4 rings (SSSR count). The predicted molar refractivity (Wildman–Crippen MR) is 96.2 cm³/mol. The number of carbonyl (C=O) groups is 3. The minimum atomic E-state index is -0.649. The summed E-state index contributed by atoms with van der Waals surface area (Å²) in [6.07, 6.45) is 1.49. The van der Waals surface area contributed by atoms with Crippen molar-refractivity contribution in [1.82, 2.24) is 10.2 Å². The molecule has 2 aromatic rings. The van der Waals surface area contributed by atoms with E-state index in [1.807, 2.05) is 0 Å². The van der Waals surface area contributed by atoms with Gasteiger partial charge < -0.3 is 28.7 Å². The van der Waals surface area contributed by atoms with Crippen LogP contribution in [0.25, 0.3) is 6.08 Å². The average molecular weight is 400 g/mol. The number of esters is 1. The number of amides is 3. The fraction of sp³-hybridized carbons (Fsp3) is 0.211. The van der Waals surface area contributed by atoms with Gasteiger partial charge in [0.1, 0.15) is 17.2 Å². The fourth-order valence-corrected chi connectivity index (χ4v) is 2.93. The van der Waals surface area contributed by atoms with E-state index >= 15 is 0 Å². The maximum atomic E-state index is 12.7. The van der Waals surface area contributed by atoms with Crippen LogP contribution >= 0.6 is 0 Å². The molecule has 0 radical (unpaired) electrons. The zero-order valence-electron chi connectivity index (χ0n) is 15.5. The number of furan rings is 1. The van der Waals surface area contributed by atoms with Gasteiger partial charge in [-0.25, -0.2) is 9.59 Å². The number of methoxy groups -OCH3 is 2. The van der Waals surface area contributed by atoms with E-state index in [-0.39, 0.29) is 30.6 Å². The molecule has 1 saturated heterocycles. The smallest absolute Gasteiger partial charge is 0.373 e. The number of rotatable bonds is 5. The molecule has 0 saturated carbocycles. The molecule has 2 aliphatic heterocycles. The van der Waals surface area contributed by atoms with Crippen LogP contribution in [0.2, 0.25) is 0 Å². The van der Waals surface area contributed by atoms with Crippen LogP contribution in [0, 0.1) is 0 Å². The number of fused-ring (bicyclic) bond motifs is 1. The summed E-state index contributed by atoms with van der Waals surface area (Å²) < 4.78 is 25.9. The average Bonchev–Trinajstić information content (AvgIpc) is 3.43. The highest BCUT2D eigenvalue weighted by Gasteiger charge is 2.34. The number of nitrogens with one attached hydrogen (secondary N) is 1. The zero-order chi connectivity index (χ0) is 20.5. The van der Waals surface area contributed by atoms with Crippen molar-refractivity contribution < 1.29 is 37.7 Å². The summed E-state index contributed by atoms with van der Waals surface area (Å²) in [4.78, 5) is 37.4. The Morgan fingerprint density at radius 2 is 1.97 bits per heavy atom. The van der Waals surface area contributed by atoms with Crippen LogP contribution in [0.15, 0.2) is 34.4 Å². The molecule has 29 heavy (non-hydrogen) atoms. The lowest BCUT2D eigenvalue weighted by molar-refractivity contribution is -0.123. The Kier molecular flexibility index (Phi) is 4.59. The Morgan fingerprint density at radius 1 is 1.21 bits per heavy atom. The molecular weight excluding hydrogens is 384 g/mol. The molecule has 1 N–H and O–H groups in total. The van der Waals surface area contributed by atoms with Crippen LogP contribution in [-0.2, 0) is 16.1 Å². The van der Waals surface area contributed by atoms with E-state index in [0.29, 0.717) is 22.8 Å². The van der Waals surface area contributed by atoms with Crippen molar-refractivity contribution in [1.29, 1.82) is 0 Å². The fourth-order valence-electron chi connectivity index (χ4n) is 2.93. The maximum absolute atomic E-state index is 12.7. The molecule has 0 aliphatic carbocycles. The third-order valence-corrected chi connectivity index (χ3v) is 4.35. The molecule has 0 spiro atoms. The molecule has 3 heterocycles. The molecule has 3 amide bonds. The van der Waals surface area contributed by atoms with Crippen molar-refractivity contribution in [3.63, 3.8) is 0 Å². The standard InChI is InChI=1S/C19H16N2O8/c1-25-14-7-16-15(27-9-28-16)6-10(14)5-12-17(22)21(19(24)20-12)8-11-3-4-13(29-11)18(23)26-2/h3-7H,8-9H2,1-2H3,(H,20,24). The summed E-state index contributed by atoms with van der Waals surface area (Å²) in [6.45, 7) is -0.0457. The summed E-state index contributed by atoms with van der Waals surface area (Å²) >= 11 is 0. The number of benzene rings is 1. The number of hydrogen-bond donors (Lipinski definition) is 1. The van der Waals surface area contributed by atoms with Gasteiger partial charge in [-0.05, 0) is 24.3 Å². The molecule has 2 aliphatic rings. The second-order valence-electron chi connectivity index (χ2n) is 6.08. The van der Waals surface area contributed by atoms with E-state index in [1.165, 1.54) is 32.4 Å². The van der Waals surface area contributed by atoms with Crippen molar-refractivity contribution in [2.75, 3.05) is 21.0 Å². The Bertz CT molecular complexity index is 1040. The summed E-state index contributed by atoms with van der Waals surface area (Å²) in [5.74, 6) is 0.542. The van der Waals surface area contributed by atoms with Gasteiger partial charge in [0, 0.05) is 11.6 Å². The van der Waals surface area contributed by atoms with E-state index in [4.69, 9.17) is 18.6 Å². The largest absolute Gasteiger partial charge is 0.496 e. The number of urea groups is 1. The van der Waals surface area contributed by atoms with Gasteiger partial charge in [-0.1, -0.05) is 0 Å². The van der Waals surface area contributed by atoms with Gasteiger partial charge in [-0.2, -0.15) is 0 Å². The van der Waals surface area contributed by atoms with Crippen molar-refractivity contribution in [2.24, 2.45) is 0 Å². The lowest BCUT2D eigenvalue weighted by Crippen LogP contribution is -2.30. The maximum Gasteiger partial charge on any atom is 0.373 e. The normalized spacial score (nSPS) is 16.3. The summed E-state index contributed by atoms with van der Waals surface area (Å²) in [5, 5.41) is 2.52. The Morgan fingerprint density at radius 3 is 2.69 bits per heavy atom. The van der Waals surface area contributed by atoms with Crippen molar-refractivity contribution in [2.45, 2.75) is 6.54 Å². The number of imide groups is 1. The molecule has 1 aromatic heterocycles. The number of ether oxygens (including phenoxy) is 4. The molecule has 1 fully saturated rings.